The second kappa shape index (κ2) is 7.15. The van der Waals surface area contributed by atoms with Gasteiger partial charge in [-0.2, -0.15) is 0 Å². The van der Waals surface area contributed by atoms with E-state index in [1.54, 1.807) is 44.2 Å². The molecule has 2 saturated carbocycles. The number of benzene rings is 1. The smallest absolute Gasteiger partial charge is 0.330 e. The molecular weight excluding hydrogens is 358 g/mol. The van der Waals surface area contributed by atoms with Gasteiger partial charge in [-0.1, -0.05) is 44.2 Å². The minimum absolute atomic E-state index is 0.229. The number of esters is 1. The molecule has 1 heterocycles. The van der Waals surface area contributed by atoms with E-state index in [0.717, 1.165) is 24.2 Å². The number of ether oxygens (including phenoxy) is 1. The molecule has 1 aromatic carbocycles. The standard InChI is InChI=1S/C22H25NO5/c1-12(2)19(22(27)28-11-16(24)13-6-4-3-5-7-13)23-20(25)17-14-8-9-15(10-14)18(17)21(23)26/h3-7,12,14-15,17-19H,8-11H2,1-2H3/t14-,15+,17-,18+,19-/m0/s1. The minimum Gasteiger partial charge on any atom is -0.456 e. The lowest BCUT2D eigenvalue weighted by Crippen LogP contribution is -2.50. The Kier molecular flexibility index (Phi) is 4.81. The Labute approximate surface area is 164 Å². The van der Waals surface area contributed by atoms with Crippen molar-refractivity contribution in [3.05, 3.63) is 35.9 Å². The van der Waals surface area contributed by atoms with E-state index in [1.807, 2.05) is 0 Å². The average Bonchev–Trinajstić information content (AvgIpc) is 3.36. The first-order valence-electron chi connectivity index (χ1n) is 10.0. The first-order valence-corrected chi connectivity index (χ1v) is 10.0. The van der Waals surface area contributed by atoms with Gasteiger partial charge >= 0.3 is 5.97 Å². The summed E-state index contributed by atoms with van der Waals surface area (Å²) in [6.07, 6.45) is 2.92. The molecule has 1 saturated heterocycles. The van der Waals surface area contributed by atoms with E-state index < -0.39 is 18.6 Å². The number of rotatable bonds is 6. The number of carbonyl (C=O) groups excluding carboxylic acids is 4. The van der Waals surface area contributed by atoms with Crippen LogP contribution in [0.3, 0.4) is 0 Å². The molecule has 0 N–H and O–H groups in total. The van der Waals surface area contributed by atoms with Gasteiger partial charge in [0.15, 0.2) is 12.4 Å². The molecule has 4 rings (SSSR count). The number of Topliss-reactive ketones (excluding diaryl/α,β-unsaturated/α-hetero) is 1. The predicted molar refractivity (Wildman–Crippen MR) is 100 cm³/mol. The molecular formula is C22H25NO5. The third-order valence-corrected chi connectivity index (χ3v) is 6.55. The summed E-state index contributed by atoms with van der Waals surface area (Å²) in [4.78, 5) is 52.2. The molecule has 1 aliphatic heterocycles. The fraction of sp³-hybridized carbons (Fsp3) is 0.545. The van der Waals surface area contributed by atoms with Crippen molar-refractivity contribution in [1.29, 1.82) is 0 Å². The van der Waals surface area contributed by atoms with Crippen molar-refractivity contribution in [2.45, 2.75) is 39.2 Å². The second-order valence-corrected chi connectivity index (χ2v) is 8.52. The van der Waals surface area contributed by atoms with Crippen molar-refractivity contribution in [3.63, 3.8) is 0 Å². The van der Waals surface area contributed by atoms with Gasteiger partial charge in [0, 0.05) is 5.56 Å². The van der Waals surface area contributed by atoms with Crippen LogP contribution in [0.2, 0.25) is 0 Å². The third kappa shape index (κ3) is 2.95. The van der Waals surface area contributed by atoms with E-state index in [0.29, 0.717) is 5.56 Å². The van der Waals surface area contributed by atoms with Gasteiger partial charge in [0.25, 0.3) is 0 Å². The van der Waals surface area contributed by atoms with Gasteiger partial charge in [-0.25, -0.2) is 4.79 Å². The van der Waals surface area contributed by atoms with Crippen LogP contribution in [0.5, 0.6) is 0 Å². The number of amides is 2. The van der Waals surface area contributed by atoms with E-state index >= 15 is 0 Å². The Morgan fingerprint density at radius 2 is 1.61 bits per heavy atom. The minimum atomic E-state index is -0.978. The highest BCUT2D eigenvalue weighted by Gasteiger charge is 2.62. The third-order valence-electron chi connectivity index (χ3n) is 6.55. The van der Waals surface area contributed by atoms with E-state index in [2.05, 4.69) is 0 Å². The van der Waals surface area contributed by atoms with E-state index in [9.17, 15) is 19.2 Å². The molecule has 0 unspecified atom stereocenters. The molecule has 28 heavy (non-hydrogen) atoms. The summed E-state index contributed by atoms with van der Waals surface area (Å²) in [5, 5.41) is 0. The van der Waals surface area contributed by atoms with Crippen molar-refractivity contribution >= 4 is 23.6 Å². The normalized spacial score (nSPS) is 29.3. The van der Waals surface area contributed by atoms with Crippen LogP contribution in [0.1, 0.15) is 43.5 Å². The summed E-state index contributed by atoms with van der Waals surface area (Å²) in [6.45, 7) is 3.17. The van der Waals surface area contributed by atoms with Gasteiger partial charge in [0.05, 0.1) is 11.8 Å². The molecule has 148 valence electrons. The average molecular weight is 383 g/mol. The van der Waals surface area contributed by atoms with Crippen LogP contribution in [-0.4, -0.2) is 41.1 Å². The molecule has 3 aliphatic rings. The molecule has 2 bridgehead atoms. The lowest BCUT2D eigenvalue weighted by molar-refractivity contribution is -0.160. The van der Waals surface area contributed by atoms with Crippen LogP contribution in [0.25, 0.3) is 0 Å². The zero-order chi connectivity index (χ0) is 20.0. The number of nitrogens with zero attached hydrogens (tertiary/aromatic N) is 1. The van der Waals surface area contributed by atoms with Crippen LogP contribution in [-0.2, 0) is 19.1 Å². The largest absolute Gasteiger partial charge is 0.456 e. The Morgan fingerprint density at radius 3 is 2.14 bits per heavy atom. The number of hydrogen-bond acceptors (Lipinski definition) is 5. The summed E-state index contributed by atoms with van der Waals surface area (Å²) in [5.74, 6) is -1.76. The van der Waals surface area contributed by atoms with Crippen LogP contribution >= 0.6 is 0 Å². The quantitative estimate of drug-likeness (QED) is 0.428. The Bertz CT molecular complexity index is 789. The number of fused-ring (bicyclic) bond motifs is 5. The molecule has 0 aromatic heterocycles. The Hall–Kier alpha value is -2.50. The molecule has 0 radical (unpaired) electrons. The SMILES string of the molecule is CC(C)[C@@H](C(=O)OCC(=O)c1ccccc1)N1C(=O)[C@@H]2[C@@H]3CC[C@@H](C3)[C@@H]2C1=O. The van der Waals surface area contributed by atoms with Gasteiger partial charge in [-0.05, 0) is 37.0 Å². The highest BCUT2D eigenvalue weighted by molar-refractivity contribution is 6.09. The van der Waals surface area contributed by atoms with Gasteiger partial charge < -0.3 is 4.74 Å². The van der Waals surface area contributed by atoms with Crippen LogP contribution in [0.15, 0.2) is 30.3 Å². The highest BCUT2D eigenvalue weighted by Crippen LogP contribution is 2.56. The molecule has 2 amide bonds. The summed E-state index contributed by atoms with van der Waals surface area (Å²) in [5.41, 5.74) is 0.454. The summed E-state index contributed by atoms with van der Waals surface area (Å²) < 4.78 is 5.25. The lowest BCUT2D eigenvalue weighted by atomic mass is 9.81. The molecule has 3 fully saturated rings. The topological polar surface area (TPSA) is 80.8 Å². The molecule has 2 aliphatic carbocycles. The van der Waals surface area contributed by atoms with Crippen molar-refractivity contribution in [2.24, 2.45) is 29.6 Å². The number of likely N-dealkylation sites (tertiary alicyclic amines) is 1. The van der Waals surface area contributed by atoms with Crippen molar-refractivity contribution in [2.75, 3.05) is 6.61 Å². The van der Waals surface area contributed by atoms with Crippen LogP contribution in [0, 0.1) is 29.6 Å². The molecule has 6 nitrogen and oxygen atoms in total. The van der Waals surface area contributed by atoms with Gasteiger partial charge in [-0.15, -0.1) is 0 Å². The molecule has 6 heteroatoms. The number of ketones is 1. The van der Waals surface area contributed by atoms with E-state index in [-0.39, 0.29) is 47.2 Å². The maximum atomic E-state index is 13.0. The molecule has 1 aromatic rings. The highest BCUT2D eigenvalue weighted by atomic mass is 16.5. The Balaban J connectivity index is 1.48. The first kappa shape index (κ1) is 18.8. The summed E-state index contributed by atoms with van der Waals surface area (Å²) in [6, 6.07) is 7.60. The van der Waals surface area contributed by atoms with Crippen molar-refractivity contribution in [3.8, 4) is 0 Å². The Morgan fingerprint density at radius 1 is 1.04 bits per heavy atom. The van der Waals surface area contributed by atoms with E-state index in [4.69, 9.17) is 4.74 Å². The summed E-state index contributed by atoms with van der Waals surface area (Å²) >= 11 is 0. The van der Waals surface area contributed by atoms with Gasteiger partial charge in [0.2, 0.25) is 11.8 Å². The number of carbonyl (C=O) groups is 4. The van der Waals surface area contributed by atoms with Gasteiger partial charge in [-0.3, -0.25) is 19.3 Å². The second-order valence-electron chi connectivity index (χ2n) is 8.52. The first-order chi connectivity index (χ1) is 13.4. The van der Waals surface area contributed by atoms with E-state index in [1.165, 1.54) is 0 Å². The molecule has 0 spiro atoms. The zero-order valence-corrected chi connectivity index (χ0v) is 16.2. The van der Waals surface area contributed by atoms with Crippen molar-refractivity contribution in [1.82, 2.24) is 4.90 Å². The van der Waals surface area contributed by atoms with Crippen LogP contribution < -0.4 is 0 Å². The maximum absolute atomic E-state index is 13.0. The number of hydrogen-bond donors (Lipinski definition) is 0. The summed E-state index contributed by atoms with van der Waals surface area (Å²) in [7, 11) is 0. The lowest BCUT2D eigenvalue weighted by Gasteiger charge is -2.28. The fourth-order valence-corrected chi connectivity index (χ4v) is 5.31. The molecule has 5 atom stereocenters. The van der Waals surface area contributed by atoms with Gasteiger partial charge in [0.1, 0.15) is 6.04 Å². The van der Waals surface area contributed by atoms with Crippen LogP contribution in [0.4, 0.5) is 0 Å². The fourth-order valence-electron chi connectivity index (χ4n) is 5.31. The number of imide groups is 1. The predicted octanol–water partition coefficient (Wildman–Crippen LogP) is 2.47. The van der Waals surface area contributed by atoms with Crippen molar-refractivity contribution < 1.29 is 23.9 Å². The zero-order valence-electron chi connectivity index (χ0n) is 16.2. The maximum Gasteiger partial charge on any atom is 0.330 e. The monoisotopic (exact) mass is 383 g/mol.